The van der Waals surface area contributed by atoms with Gasteiger partial charge in [0.2, 0.25) is 5.91 Å². The van der Waals surface area contributed by atoms with Crippen molar-refractivity contribution in [1.82, 2.24) is 4.90 Å². The number of halogens is 2. The molecule has 3 nitrogen and oxygen atoms in total. The van der Waals surface area contributed by atoms with Crippen LogP contribution in [0.2, 0.25) is 0 Å². The van der Waals surface area contributed by atoms with Crippen LogP contribution in [0, 0.1) is 11.7 Å². The van der Waals surface area contributed by atoms with Crippen molar-refractivity contribution >= 4 is 18.3 Å². The van der Waals surface area contributed by atoms with E-state index in [0.29, 0.717) is 25.4 Å². The summed E-state index contributed by atoms with van der Waals surface area (Å²) in [4.78, 5) is 13.8. The molecule has 1 aromatic rings. The highest BCUT2D eigenvalue weighted by Gasteiger charge is 2.26. The molecule has 2 N–H and O–H groups in total. The second-order valence-electron chi connectivity index (χ2n) is 4.88. The van der Waals surface area contributed by atoms with Gasteiger partial charge in [-0.2, -0.15) is 0 Å². The van der Waals surface area contributed by atoms with E-state index in [1.54, 1.807) is 12.1 Å². The molecular weight excluding hydrogens is 267 g/mol. The number of nitrogens with zero attached hydrogens (tertiary/aromatic N) is 1. The average Bonchev–Trinajstić information content (AvgIpc) is 3.15. The van der Waals surface area contributed by atoms with Crippen LogP contribution in [0.5, 0.6) is 0 Å². The van der Waals surface area contributed by atoms with Crippen LogP contribution < -0.4 is 5.73 Å². The second kappa shape index (κ2) is 7.46. The summed E-state index contributed by atoms with van der Waals surface area (Å²) in [5.74, 6) is 0.488. The SMILES string of the molecule is Cl.NCCC(=O)N(Cc1ccc(F)cc1)CC1CC1. The molecule has 5 heteroatoms. The Kier molecular flexibility index (Phi) is 6.25. The van der Waals surface area contributed by atoms with Crippen LogP contribution in [0.25, 0.3) is 0 Å². The Morgan fingerprint density at radius 2 is 1.95 bits per heavy atom. The molecule has 1 aromatic carbocycles. The lowest BCUT2D eigenvalue weighted by molar-refractivity contribution is -0.131. The number of amides is 1. The number of hydrogen-bond acceptors (Lipinski definition) is 2. The van der Waals surface area contributed by atoms with E-state index in [2.05, 4.69) is 0 Å². The van der Waals surface area contributed by atoms with Crippen LogP contribution in [0.1, 0.15) is 24.8 Å². The van der Waals surface area contributed by atoms with Crippen molar-refractivity contribution in [2.24, 2.45) is 11.7 Å². The summed E-state index contributed by atoms with van der Waals surface area (Å²) in [6.07, 6.45) is 2.79. The summed E-state index contributed by atoms with van der Waals surface area (Å²) in [6, 6.07) is 6.31. The minimum Gasteiger partial charge on any atom is -0.338 e. The van der Waals surface area contributed by atoms with Crippen molar-refractivity contribution in [3.05, 3.63) is 35.6 Å². The Morgan fingerprint density at radius 1 is 1.32 bits per heavy atom. The predicted octanol–water partition coefficient (Wildman–Crippen LogP) is 2.33. The quantitative estimate of drug-likeness (QED) is 0.872. The normalized spacial score (nSPS) is 13.8. The molecule has 1 fully saturated rings. The number of carbonyl (C=O) groups is 1. The van der Waals surface area contributed by atoms with E-state index in [0.717, 1.165) is 12.1 Å². The van der Waals surface area contributed by atoms with Gasteiger partial charge in [-0.3, -0.25) is 4.79 Å². The van der Waals surface area contributed by atoms with Gasteiger partial charge in [-0.05, 0) is 36.5 Å². The van der Waals surface area contributed by atoms with Crippen LogP contribution in [0.4, 0.5) is 4.39 Å². The lowest BCUT2D eigenvalue weighted by Crippen LogP contribution is -2.33. The summed E-state index contributed by atoms with van der Waals surface area (Å²) in [7, 11) is 0. The van der Waals surface area contributed by atoms with E-state index >= 15 is 0 Å². The van der Waals surface area contributed by atoms with Gasteiger partial charge >= 0.3 is 0 Å². The van der Waals surface area contributed by atoms with Crippen LogP contribution in [0.3, 0.4) is 0 Å². The van der Waals surface area contributed by atoms with Gasteiger partial charge in [-0.15, -0.1) is 12.4 Å². The van der Waals surface area contributed by atoms with E-state index < -0.39 is 0 Å². The van der Waals surface area contributed by atoms with E-state index in [1.165, 1.54) is 25.0 Å². The van der Waals surface area contributed by atoms with Gasteiger partial charge in [0.15, 0.2) is 0 Å². The first-order chi connectivity index (χ1) is 8.69. The fraction of sp³-hybridized carbons (Fsp3) is 0.500. The molecule has 1 saturated carbocycles. The number of carbonyl (C=O) groups excluding carboxylic acids is 1. The van der Waals surface area contributed by atoms with Gasteiger partial charge in [-0.25, -0.2) is 4.39 Å². The Balaban J connectivity index is 0.00000180. The highest BCUT2D eigenvalue weighted by atomic mass is 35.5. The fourth-order valence-electron chi connectivity index (χ4n) is 1.96. The minimum atomic E-state index is -0.249. The molecule has 0 radical (unpaired) electrons. The molecule has 1 aliphatic rings. The topological polar surface area (TPSA) is 46.3 Å². The molecule has 1 aliphatic carbocycles. The molecule has 0 bridgehead atoms. The lowest BCUT2D eigenvalue weighted by Gasteiger charge is -2.22. The third kappa shape index (κ3) is 5.17. The maximum absolute atomic E-state index is 12.8. The Labute approximate surface area is 119 Å². The van der Waals surface area contributed by atoms with Crippen LogP contribution in [-0.2, 0) is 11.3 Å². The number of rotatable bonds is 6. The Morgan fingerprint density at radius 3 is 2.47 bits per heavy atom. The molecule has 1 amide bonds. The predicted molar refractivity (Wildman–Crippen MR) is 75.5 cm³/mol. The zero-order chi connectivity index (χ0) is 13.0. The molecule has 0 unspecified atom stereocenters. The first-order valence-corrected chi connectivity index (χ1v) is 6.41. The zero-order valence-electron chi connectivity index (χ0n) is 10.8. The lowest BCUT2D eigenvalue weighted by atomic mass is 10.2. The first-order valence-electron chi connectivity index (χ1n) is 6.41. The standard InChI is InChI=1S/C14H19FN2O.ClH/c15-13-5-3-12(4-6-13)10-17(9-11-1-2-11)14(18)7-8-16;/h3-6,11H,1-2,7-10,16H2;1H. The molecule has 0 atom stereocenters. The van der Waals surface area contributed by atoms with Crippen molar-refractivity contribution in [2.75, 3.05) is 13.1 Å². The molecule has 2 rings (SSSR count). The molecular formula is C14H20ClFN2O. The third-order valence-electron chi connectivity index (χ3n) is 3.17. The molecule has 0 aromatic heterocycles. The molecule has 106 valence electrons. The monoisotopic (exact) mass is 286 g/mol. The smallest absolute Gasteiger partial charge is 0.224 e. The van der Waals surface area contributed by atoms with Crippen molar-refractivity contribution in [3.63, 3.8) is 0 Å². The number of nitrogens with two attached hydrogens (primary N) is 1. The van der Waals surface area contributed by atoms with Crippen molar-refractivity contribution in [2.45, 2.75) is 25.8 Å². The molecule has 19 heavy (non-hydrogen) atoms. The highest BCUT2D eigenvalue weighted by Crippen LogP contribution is 2.30. The second-order valence-corrected chi connectivity index (χ2v) is 4.88. The Bertz CT molecular complexity index is 406. The average molecular weight is 287 g/mol. The van der Waals surface area contributed by atoms with Crippen molar-refractivity contribution in [1.29, 1.82) is 0 Å². The van der Waals surface area contributed by atoms with Gasteiger partial charge in [0.05, 0.1) is 0 Å². The van der Waals surface area contributed by atoms with Crippen molar-refractivity contribution < 1.29 is 9.18 Å². The van der Waals surface area contributed by atoms with Gasteiger partial charge in [0.1, 0.15) is 5.82 Å². The van der Waals surface area contributed by atoms with Crippen LogP contribution in [0.15, 0.2) is 24.3 Å². The zero-order valence-corrected chi connectivity index (χ0v) is 11.7. The highest BCUT2D eigenvalue weighted by molar-refractivity contribution is 5.85. The summed E-state index contributed by atoms with van der Waals surface area (Å²) in [5, 5.41) is 0. The number of benzene rings is 1. The van der Waals surface area contributed by atoms with E-state index in [4.69, 9.17) is 5.73 Å². The van der Waals surface area contributed by atoms with Gasteiger partial charge < -0.3 is 10.6 Å². The third-order valence-corrected chi connectivity index (χ3v) is 3.17. The summed E-state index contributed by atoms with van der Waals surface area (Å²) in [6.45, 7) is 1.73. The summed E-state index contributed by atoms with van der Waals surface area (Å²) < 4.78 is 12.8. The van der Waals surface area contributed by atoms with Crippen molar-refractivity contribution in [3.8, 4) is 0 Å². The van der Waals surface area contributed by atoms with E-state index in [-0.39, 0.29) is 24.1 Å². The van der Waals surface area contributed by atoms with Crippen LogP contribution >= 0.6 is 12.4 Å². The Hall–Kier alpha value is -1.13. The largest absolute Gasteiger partial charge is 0.338 e. The minimum absolute atomic E-state index is 0. The molecule has 0 heterocycles. The van der Waals surface area contributed by atoms with Gasteiger partial charge in [-0.1, -0.05) is 12.1 Å². The van der Waals surface area contributed by atoms with Crippen LogP contribution in [-0.4, -0.2) is 23.9 Å². The fourth-order valence-corrected chi connectivity index (χ4v) is 1.96. The van der Waals surface area contributed by atoms with E-state index in [1.807, 2.05) is 4.90 Å². The van der Waals surface area contributed by atoms with E-state index in [9.17, 15) is 9.18 Å². The molecule has 0 aliphatic heterocycles. The summed E-state index contributed by atoms with van der Waals surface area (Å²) >= 11 is 0. The number of hydrogen-bond donors (Lipinski definition) is 1. The summed E-state index contributed by atoms with van der Waals surface area (Å²) in [5.41, 5.74) is 6.39. The maximum atomic E-state index is 12.8. The van der Waals surface area contributed by atoms with Gasteiger partial charge in [0.25, 0.3) is 0 Å². The molecule has 0 saturated heterocycles. The molecule has 0 spiro atoms. The first kappa shape index (κ1) is 15.9. The maximum Gasteiger partial charge on any atom is 0.224 e. The van der Waals surface area contributed by atoms with Gasteiger partial charge in [0, 0.05) is 26.1 Å².